The van der Waals surface area contributed by atoms with Crippen molar-refractivity contribution in [2.75, 3.05) is 11.9 Å². The summed E-state index contributed by atoms with van der Waals surface area (Å²) in [7, 11) is 0. The lowest BCUT2D eigenvalue weighted by Crippen LogP contribution is -2.30. The number of urea groups is 1. The van der Waals surface area contributed by atoms with Gasteiger partial charge in [-0.2, -0.15) is 13.2 Å². The van der Waals surface area contributed by atoms with E-state index in [-0.39, 0.29) is 22.0 Å². The number of alkyl halides is 3. The number of hydrazine groups is 1. The summed E-state index contributed by atoms with van der Waals surface area (Å²) in [4.78, 5) is 35.4. The average molecular weight is 451 g/mol. The highest BCUT2D eigenvalue weighted by Crippen LogP contribution is 2.38. The number of carbonyl (C=O) groups is 2. The van der Waals surface area contributed by atoms with Crippen molar-refractivity contribution in [1.29, 1.82) is 0 Å². The second-order valence-corrected chi connectivity index (χ2v) is 6.93. The minimum Gasteiger partial charge on any atom is -0.338 e. The van der Waals surface area contributed by atoms with E-state index in [1.165, 1.54) is 30.7 Å². The van der Waals surface area contributed by atoms with Crippen molar-refractivity contribution >= 4 is 29.1 Å². The summed E-state index contributed by atoms with van der Waals surface area (Å²) in [5, 5.41) is 5.99. The maximum atomic E-state index is 13.1. The van der Waals surface area contributed by atoms with Gasteiger partial charge in [0.2, 0.25) is 0 Å². The first-order chi connectivity index (χ1) is 14.7. The predicted octanol–water partition coefficient (Wildman–Crippen LogP) is 3.03. The molecule has 0 saturated heterocycles. The molecule has 31 heavy (non-hydrogen) atoms. The van der Waals surface area contributed by atoms with Crippen LogP contribution < -0.4 is 21.9 Å². The number of nitrogen functional groups attached to an aromatic ring is 1. The van der Waals surface area contributed by atoms with Gasteiger partial charge in [0.1, 0.15) is 10.8 Å². The van der Waals surface area contributed by atoms with Crippen molar-refractivity contribution in [1.82, 2.24) is 25.7 Å². The zero-order valence-corrected chi connectivity index (χ0v) is 16.8. The maximum Gasteiger partial charge on any atom is 0.434 e. The van der Waals surface area contributed by atoms with Crippen LogP contribution in [-0.2, 0) is 6.18 Å². The number of carbonyl (C=O) groups excluding carboxylic acids is 2. The molecule has 3 rings (SSSR count). The van der Waals surface area contributed by atoms with Gasteiger partial charge in [0.25, 0.3) is 5.91 Å². The van der Waals surface area contributed by atoms with Crippen molar-refractivity contribution in [2.45, 2.75) is 13.1 Å². The maximum absolute atomic E-state index is 13.1. The van der Waals surface area contributed by atoms with Gasteiger partial charge in [-0.25, -0.2) is 20.6 Å². The largest absolute Gasteiger partial charge is 0.434 e. The number of thiazole rings is 1. The highest BCUT2D eigenvalue weighted by atomic mass is 32.1. The highest BCUT2D eigenvalue weighted by Gasteiger charge is 2.34. The van der Waals surface area contributed by atoms with Crippen LogP contribution in [0.25, 0.3) is 21.7 Å². The van der Waals surface area contributed by atoms with Gasteiger partial charge in [-0.3, -0.25) is 20.5 Å². The number of nitrogens with zero attached hydrogens (tertiary/aromatic N) is 3. The Morgan fingerprint density at radius 3 is 2.58 bits per heavy atom. The molecule has 3 aromatic rings. The molecule has 0 aromatic carbocycles. The summed E-state index contributed by atoms with van der Waals surface area (Å²) in [5.41, 5.74) is 2.13. The van der Waals surface area contributed by atoms with E-state index in [1.54, 1.807) is 6.92 Å². The lowest BCUT2D eigenvalue weighted by Gasteiger charge is -2.11. The fraction of sp³-hybridized carbons (Fsp3) is 0.167. The lowest BCUT2D eigenvalue weighted by molar-refractivity contribution is -0.140. The first-order valence-corrected chi connectivity index (χ1v) is 9.65. The number of amides is 3. The number of anilines is 1. The minimum absolute atomic E-state index is 0.0531. The molecular weight excluding hydrogens is 435 g/mol. The number of hydrogen-bond acceptors (Lipinski definition) is 7. The molecule has 13 heteroatoms. The van der Waals surface area contributed by atoms with E-state index in [9.17, 15) is 22.8 Å². The fourth-order valence-electron chi connectivity index (χ4n) is 2.57. The Kier molecular flexibility index (Phi) is 6.46. The Bertz CT molecular complexity index is 1120. The molecule has 0 aliphatic heterocycles. The standard InChI is InChI=1S/C18H16F3N7O2S/c1-2-24-17(30)27-14-4-11(16-26-13(8-31-16)18(19,20)21)12(7-25-14)9-3-10(6-23-5-9)15(29)28-22/h3-8H,2,22H2,1H3,(H,28,29)(H2,24,25,27,30). The van der Waals surface area contributed by atoms with Gasteiger partial charge in [-0.05, 0) is 19.1 Å². The number of halogens is 3. The van der Waals surface area contributed by atoms with Gasteiger partial charge in [-0.15, -0.1) is 11.3 Å². The van der Waals surface area contributed by atoms with Crippen LogP contribution in [0.1, 0.15) is 23.0 Å². The molecule has 0 bridgehead atoms. The molecule has 5 N–H and O–H groups in total. The molecule has 3 aromatic heterocycles. The van der Waals surface area contributed by atoms with Crippen LogP contribution >= 0.6 is 11.3 Å². The number of aromatic nitrogens is 3. The van der Waals surface area contributed by atoms with E-state index in [1.807, 2.05) is 5.43 Å². The molecule has 162 valence electrons. The van der Waals surface area contributed by atoms with Crippen molar-refractivity contribution in [3.05, 3.63) is 47.4 Å². The zero-order chi connectivity index (χ0) is 22.6. The molecular formula is C18H16F3N7O2S. The third-order valence-electron chi connectivity index (χ3n) is 3.95. The van der Waals surface area contributed by atoms with Crippen LogP contribution in [0, 0.1) is 0 Å². The molecule has 0 radical (unpaired) electrons. The second kappa shape index (κ2) is 9.06. The van der Waals surface area contributed by atoms with E-state index < -0.39 is 23.8 Å². The molecule has 0 fully saturated rings. The third-order valence-corrected chi connectivity index (χ3v) is 4.83. The normalized spacial score (nSPS) is 11.1. The Hall–Kier alpha value is -3.58. The number of pyridine rings is 2. The first-order valence-electron chi connectivity index (χ1n) is 8.77. The van der Waals surface area contributed by atoms with Crippen LogP contribution in [0.3, 0.4) is 0 Å². The first kappa shape index (κ1) is 22.1. The Morgan fingerprint density at radius 2 is 1.94 bits per heavy atom. The van der Waals surface area contributed by atoms with Crippen LogP contribution in [-0.4, -0.2) is 33.4 Å². The Labute approximate surface area is 177 Å². The average Bonchev–Trinajstić information content (AvgIpc) is 3.24. The summed E-state index contributed by atoms with van der Waals surface area (Å²) in [5.74, 6) is 4.67. The van der Waals surface area contributed by atoms with Crippen LogP contribution in [0.15, 0.2) is 36.1 Å². The van der Waals surface area contributed by atoms with Gasteiger partial charge in [-0.1, -0.05) is 0 Å². The summed E-state index contributed by atoms with van der Waals surface area (Å²) < 4.78 is 39.2. The predicted molar refractivity (Wildman–Crippen MR) is 108 cm³/mol. The third kappa shape index (κ3) is 5.13. The van der Waals surface area contributed by atoms with Crippen LogP contribution in [0.4, 0.5) is 23.8 Å². The van der Waals surface area contributed by atoms with Crippen LogP contribution in [0.5, 0.6) is 0 Å². The molecule has 0 aliphatic rings. The monoisotopic (exact) mass is 451 g/mol. The quantitative estimate of drug-likeness (QED) is 0.268. The van der Waals surface area contributed by atoms with E-state index in [0.717, 1.165) is 16.7 Å². The molecule has 0 aliphatic carbocycles. The minimum atomic E-state index is -4.61. The number of hydrogen-bond donors (Lipinski definition) is 4. The molecule has 0 atom stereocenters. The van der Waals surface area contributed by atoms with Crippen molar-refractivity contribution < 1.29 is 22.8 Å². The smallest absolute Gasteiger partial charge is 0.338 e. The lowest BCUT2D eigenvalue weighted by atomic mass is 10.0. The number of nitrogens with one attached hydrogen (secondary N) is 3. The van der Waals surface area contributed by atoms with Crippen LogP contribution in [0.2, 0.25) is 0 Å². The summed E-state index contributed by atoms with van der Waals surface area (Å²) >= 11 is 0.784. The van der Waals surface area contributed by atoms with E-state index >= 15 is 0 Å². The summed E-state index contributed by atoms with van der Waals surface area (Å²) in [6, 6.07) is 2.34. The second-order valence-electron chi connectivity index (χ2n) is 6.07. The van der Waals surface area contributed by atoms with Gasteiger partial charge in [0, 0.05) is 47.2 Å². The Morgan fingerprint density at radius 1 is 1.16 bits per heavy atom. The van der Waals surface area contributed by atoms with Gasteiger partial charge >= 0.3 is 12.2 Å². The zero-order valence-electron chi connectivity index (χ0n) is 15.9. The Balaban J connectivity index is 2.11. The molecule has 3 amide bonds. The van der Waals surface area contributed by atoms with Gasteiger partial charge in [0.15, 0.2) is 5.69 Å². The fourth-order valence-corrected chi connectivity index (χ4v) is 3.43. The van der Waals surface area contributed by atoms with Gasteiger partial charge in [0.05, 0.1) is 5.56 Å². The number of nitrogens with two attached hydrogens (primary N) is 1. The van der Waals surface area contributed by atoms with E-state index in [0.29, 0.717) is 17.7 Å². The van der Waals surface area contributed by atoms with E-state index in [2.05, 4.69) is 25.6 Å². The number of rotatable bonds is 5. The molecule has 0 saturated carbocycles. The summed E-state index contributed by atoms with van der Waals surface area (Å²) in [6.45, 7) is 2.10. The SMILES string of the molecule is CCNC(=O)Nc1cc(-c2nc(C(F)(F)F)cs2)c(-c2cncc(C(=O)NN)c2)cn1. The molecule has 9 nitrogen and oxygen atoms in total. The van der Waals surface area contributed by atoms with E-state index in [4.69, 9.17) is 5.84 Å². The molecule has 0 unspecified atom stereocenters. The van der Waals surface area contributed by atoms with Crippen molar-refractivity contribution in [3.8, 4) is 21.7 Å². The van der Waals surface area contributed by atoms with Crippen molar-refractivity contribution in [2.24, 2.45) is 5.84 Å². The van der Waals surface area contributed by atoms with Gasteiger partial charge < -0.3 is 5.32 Å². The molecule has 0 spiro atoms. The highest BCUT2D eigenvalue weighted by molar-refractivity contribution is 7.13. The molecule has 3 heterocycles. The summed E-state index contributed by atoms with van der Waals surface area (Å²) in [6.07, 6.45) is -0.546. The van der Waals surface area contributed by atoms with Crippen molar-refractivity contribution in [3.63, 3.8) is 0 Å². The topological polar surface area (TPSA) is 135 Å².